The van der Waals surface area contributed by atoms with Crippen LogP contribution in [0.2, 0.25) is 0 Å². The van der Waals surface area contributed by atoms with Crippen LogP contribution in [0.15, 0.2) is 27.0 Å². The molecular formula is C10H6FN5O3. The average Bonchev–Trinajstić information content (AvgIpc) is 2.95. The maximum Gasteiger partial charge on any atom is 0.324 e. The normalized spacial score (nSPS) is 10.8. The van der Waals surface area contributed by atoms with E-state index in [1.165, 1.54) is 18.2 Å². The molecule has 96 valence electrons. The van der Waals surface area contributed by atoms with E-state index in [-0.39, 0.29) is 17.9 Å². The summed E-state index contributed by atoms with van der Waals surface area (Å²) >= 11 is 0. The summed E-state index contributed by atoms with van der Waals surface area (Å²) < 4.78 is 23.1. The Morgan fingerprint density at radius 1 is 1.26 bits per heavy atom. The van der Waals surface area contributed by atoms with Gasteiger partial charge in [0.25, 0.3) is 0 Å². The number of hydrogen-bond acceptors (Lipinski definition) is 7. The fourth-order valence-corrected chi connectivity index (χ4v) is 1.42. The van der Waals surface area contributed by atoms with Gasteiger partial charge in [-0.05, 0) is 12.1 Å². The third kappa shape index (κ3) is 2.08. The Hall–Kier alpha value is -2.97. The fourth-order valence-electron chi connectivity index (χ4n) is 1.42. The number of amides is 1. The van der Waals surface area contributed by atoms with Gasteiger partial charge in [0.15, 0.2) is 5.58 Å². The number of hydrogen-bond donors (Lipinski definition) is 2. The molecule has 2 heterocycles. The second-order valence-electron chi connectivity index (χ2n) is 3.53. The predicted molar refractivity (Wildman–Crippen MR) is 60.1 cm³/mol. The lowest BCUT2D eigenvalue weighted by Crippen LogP contribution is -2.10. The van der Waals surface area contributed by atoms with Crippen LogP contribution < -0.4 is 11.1 Å². The molecule has 19 heavy (non-hydrogen) atoms. The van der Waals surface area contributed by atoms with E-state index in [9.17, 15) is 9.18 Å². The zero-order valence-corrected chi connectivity index (χ0v) is 9.25. The van der Waals surface area contributed by atoms with Crippen molar-refractivity contribution < 1.29 is 18.0 Å². The number of aromatic nitrogens is 3. The minimum Gasteiger partial charge on any atom is -0.423 e. The molecule has 0 aliphatic rings. The second-order valence-corrected chi connectivity index (χ2v) is 3.53. The Kier molecular flexibility index (Phi) is 2.37. The summed E-state index contributed by atoms with van der Waals surface area (Å²) in [6, 6.07) is 3.81. The number of nitrogens with one attached hydrogen (secondary N) is 1. The number of carbonyl (C=O) groups is 1. The Labute approximate surface area is 104 Å². The molecule has 3 aromatic rings. The quantitative estimate of drug-likeness (QED) is 0.728. The number of rotatable bonds is 3. The van der Waals surface area contributed by atoms with Crippen molar-refractivity contribution in [3.05, 3.63) is 29.9 Å². The smallest absolute Gasteiger partial charge is 0.324 e. The molecule has 9 heteroatoms. The van der Waals surface area contributed by atoms with Crippen molar-refractivity contribution in [2.24, 2.45) is 5.73 Å². The van der Waals surface area contributed by atoms with E-state index < -0.39 is 11.7 Å². The molecule has 8 nitrogen and oxygen atoms in total. The summed E-state index contributed by atoms with van der Waals surface area (Å²) in [5.41, 5.74) is 5.67. The van der Waals surface area contributed by atoms with Gasteiger partial charge in [-0.15, -0.1) is 5.10 Å². The van der Waals surface area contributed by atoms with Gasteiger partial charge >= 0.3 is 23.8 Å². The summed E-state index contributed by atoms with van der Waals surface area (Å²) in [5, 5.41) is 9.45. The highest BCUT2D eigenvalue weighted by atomic mass is 19.1. The summed E-state index contributed by atoms with van der Waals surface area (Å²) in [6.45, 7) is 0. The first-order valence-electron chi connectivity index (χ1n) is 5.08. The largest absolute Gasteiger partial charge is 0.423 e. The molecule has 3 N–H and O–H groups in total. The molecule has 0 aliphatic carbocycles. The van der Waals surface area contributed by atoms with Crippen LogP contribution in [0, 0.1) is 5.82 Å². The topological polar surface area (TPSA) is 120 Å². The minimum atomic E-state index is -0.847. The molecular weight excluding hydrogens is 257 g/mol. The van der Waals surface area contributed by atoms with E-state index in [2.05, 4.69) is 20.5 Å². The highest BCUT2D eigenvalue weighted by Crippen LogP contribution is 2.22. The number of carbonyl (C=O) groups excluding carboxylic acids is 1. The Balaban J connectivity index is 1.89. The van der Waals surface area contributed by atoms with Crippen molar-refractivity contribution in [3.8, 4) is 0 Å². The Morgan fingerprint density at radius 2 is 2.11 bits per heavy atom. The fraction of sp³-hybridized carbons (Fsp3) is 0. The van der Waals surface area contributed by atoms with Gasteiger partial charge in [-0.25, -0.2) is 4.39 Å². The van der Waals surface area contributed by atoms with Gasteiger partial charge in [-0.3, -0.25) is 10.1 Å². The molecule has 3 rings (SSSR count). The molecule has 0 saturated carbocycles. The molecule has 0 fully saturated rings. The van der Waals surface area contributed by atoms with Gasteiger partial charge in [0.1, 0.15) is 11.3 Å². The van der Waals surface area contributed by atoms with Crippen LogP contribution in [0.25, 0.3) is 11.1 Å². The first-order chi connectivity index (χ1) is 9.11. The molecule has 1 amide bonds. The van der Waals surface area contributed by atoms with E-state index in [0.29, 0.717) is 11.1 Å². The maximum absolute atomic E-state index is 13.0. The number of fused-ring (bicyclic) bond motifs is 1. The van der Waals surface area contributed by atoms with Gasteiger partial charge in [-0.1, -0.05) is 5.10 Å². The van der Waals surface area contributed by atoms with Gasteiger partial charge in [0, 0.05) is 6.07 Å². The van der Waals surface area contributed by atoms with Gasteiger partial charge < -0.3 is 14.6 Å². The average molecular weight is 263 g/mol. The van der Waals surface area contributed by atoms with Crippen molar-refractivity contribution in [3.63, 3.8) is 0 Å². The number of halogens is 1. The first kappa shape index (κ1) is 11.1. The molecule has 0 unspecified atom stereocenters. The number of nitrogens with two attached hydrogens (primary N) is 1. The van der Waals surface area contributed by atoms with Gasteiger partial charge in [-0.2, -0.15) is 4.98 Å². The highest BCUT2D eigenvalue weighted by molar-refractivity contribution is 5.87. The first-order valence-corrected chi connectivity index (χ1v) is 5.08. The number of anilines is 2. The molecule has 0 atom stereocenters. The summed E-state index contributed by atoms with van der Waals surface area (Å²) in [4.78, 5) is 14.7. The molecule has 0 saturated heterocycles. The molecule has 0 aliphatic heterocycles. The van der Waals surface area contributed by atoms with Crippen molar-refractivity contribution in [2.45, 2.75) is 0 Å². The molecule has 1 aromatic carbocycles. The molecule has 0 radical (unpaired) electrons. The van der Waals surface area contributed by atoms with E-state index in [4.69, 9.17) is 14.6 Å². The lowest BCUT2D eigenvalue weighted by molar-refractivity contribution is 0.0968. The number of primary amides is 1. The Bertz CT molecular complexity index is 765. The van der Waals surface area contributed by atoms with Crippen molar-refractivity contribution in [1.82, 2.24) is 15.2 Å². The van der Waals surface area contributed by atoms with Crippen molar-refractivity contribution >= 4 is 29.0 Å². The third-order valence-electron chi connectivity index (χ3n) is 2.20. The highest BCUT2D eigenvalue weighted by Gasteiger charge is 2.13. The van der Waals surface area contributed by atoms with Crippen LogP contribution in [0.4, 0.5) is 16.4 Å². The van der Waals surface area contributed by atoms with Crippen LogP contribution >= 0.6 is 0 Å². The molecule has 2 aromatic heterocycles. The van der Waals surface area contributed by atoms with Crippen LogP contribution in [0.1, 0.15) is 10.7 Å². The second kappa shape index (κ2) is 4.05. The van der Waals surface area contributed by atoms with E-state index in [0.717, 1.165) is 0 Å². The summed E-state index contributed by atoms with van der Waals surface area (Å²) in [6.07, 6.45) is 0. The maximum atomic E-state index is 13.0. The van der Waals surface area contributed by atoms with E-state index in [1.807, 2.05) is 0 Å². The van der Waals surface area contributed by atoms with Crippen LogP contribution in [-0.4, -0.2) is 21.1 Å². The molecule has 0 spiro atoms. The predicted octanol–water partition coefficient (Wildman–Crippen LogP) is 1.19. The third-order valence-corrected chi connectivity index (χ3v) is 2.20. The standard InChI is InChI=1S/C10H6FN5O3/c11-4-1-2-6-5(3-4)13-9(18-6)14-10-16-15-8(19-10)7(12)17/h1-3H,(H2,12,17)(H,13,14,16). The lowest BCUT2D eigenvalue weighted by Gasteiger charge is -1.91. The van der Waals surface area contributed by atoms with Gasteiger partial charge in [0.2, 0.25) is 0 Å². The zero-order chi connectivity index (χ0) is 13.4. The van der Waals surface area contributed by atoms with E-state index >= 15 is 0 Å². The summed E-state index contributed by atoms with van der Waals surface area (Å²) in [5.74, 6) is -1.62. The monoisotopic (exact) mass is 263 g/mol. The lowest BCUT2D eigenvalue weighted by atomic mass is 10.3. The summed E-state index contributed by atoms with van der Waals surface area (Å²) in [7, 11) is 0. The van der Waals surface area contributed by atoms with Gasteiger partial charge in [0.05, 0.1) is 0 Å². The number of oxazole rings is 1. The SMILES string of the molecule is NC(=O)c1nnc(Nc2nc3cc(F)ccc3o2)o1. The van der Waals surface area contributed by atoms with Crippen LogP contribution in [0.3, 0.4) is 0 Å². The van der Waals surface area contributed by atoms with Crippen molar-refractivity contribution in [1.29, 1.82) is 0 Å². The zero-order valence-electron chi connectivity index (χ0n) is 9.25. The van der Waals surface area contributed by atoms with Crippen molar-refractivity contribution in [2.75, 3.05) is 5.32 Å². The number of nitrogens with zero attached hydrogens (tertiary/aromatic N) is 3. The minimum absolute atomic E-state index is 0.0280. The molecule has 0 bridgehead atoms. The van der Waals surface area contributed by atoms with Crippen LogP contribution in [-0.2, 0) is 0 Å². The van der Waals surface area contributed by atoms with E-state index in [1.54, 1.807) is 0 Å². The van der Waals surface area contributed by atoms with Crippen LogP contribution in [0.5, 0.6) is 0 Å². The Morgan fingerprint density at radius 3 is 2.84 bits per heavy atom. The number of benzene rings is 1.